The minimum absolute atomic E-state index is 0.0193. The van der Waals surface area contributed by atoms with Crippen LogP contribution >= 0.6 is 0 Å². The largest absolute Gasteiger partial charge is 0.384 e. The number of sulfonamides is 1. The number of hydrogen-bond donors (Lipinski definition) is 3. The van der Waals surface area contributed by atoms with Crippen molar-refractivity contribution in [3.63, 3.8) is 0 Å². The first-order valence-corrected chi connectivity index (χ1v) is 7.48. The molecule has 1 aromatic carbocycles. The Morgan fingerprint density at radius 2 is 2.14 bits per heavy atom. The van der Waals surface area contributed by atoms with Crippen molar-refractivity contribution >= 4 is 15.9 Å². The van der Waals surface area contributed by atoms with Gasteiger partial charge in [-0.15, -0.1) is 0 Å². The molecule has 0 spiro atoms. The Morgan fingerprint density at radius 3 is 2.76 bits per heavy atom. The molecule has 0 aliphatic heterocycles. The van der Waals surface area contributed by atoms with Gasteiger partial charge in [0.25, 0.3) is 0 Å². The summed E-state index contributed by atoms with van der Waals surface area (Å²) in [5, 5.41) is 11.0. The van der Waals surface area contributed by atoms with Crippen molar-refractivity contribution in [2.24, 2.45) is 0 Å². The third kappa shape index (κ3) is 5.15. The zero-order valence-electron chi connectivity index (χ0n) is 11.3. The van der Waals surface area contributed by atoms with E-state index in [9.17, 15) is 17.6 Å². The number of carbonyl (C=O) groups excluding carboxylic acids is 1. The van der Waals surface area contributed by atoms with Crippen LogP contribution in [0.25, 0.3) is 0 Å². The van der Waals surface area contributed by atoms with Crippen LogP contribution in [-0.4, -0.2) is 39.6 Å². The predicted octanol–water partition coefficient (Wildman–Crippen LogP) is -0.416. The van der Waals surface area contributed by atoms with E-state index in [1.54, 1.807) is 0 Å². The molecule has 0 aromatic heterocycles. The number of aliphatic hydroxyl groups excluding tert-OH is 1. The maximum absolute atomic E-state index is 13.2. The molecule has 1 amide bonds. The molecule has 21 heavy (non-hydrogen) atoms. The van der Waals surface area contributed by atoms with Gasteiger partial charge in [0, 0.05) is 25.6 Å². The van der Waals surface area contributed by atoms with Gasteiger partial charge in [-0.25, -0.2) is 17.5 Å². The maximum Gasteiger partial charge on any atom is 0.241 e. The molecule has 0 bridgehead atoms. The smallest absolute Gasteiger partial charge is 0.241 e. The third-order valence-corrected chi connectivity index (χ3v) is 3.98. The van der Waals surface area contributed by atoms with Gasteiger partial charge in [-0.05, 0) is 18.2 Å². The summed E-state index contributed by atoms with van der Waals surface area (Å²) in [5.41, 5.74) is -0.0588. The molecular weight excluding hydrogens is 299 g/mol. The van der Waals surface area contributed by atoms with Crippen LogP contribution in [0.15, 0.2) is 23.1 Å². The van der Waals surface area contributed by atoms with E-state index in [0.29, 0.717) is 0 Å². The van der Waals surface area contributed by atoms with Crippen molar-refractivity contribution < 1.29 is 22.7 Å². The number of nitrogens with one attached hydrogen (secondary N) is 2. The Balaban J connectivity index is 2.99. The van der Waals surface area contributed by atoms with Crippen LogP contribution in [0.5, 0.6) is 0 Å². The number of benzene rings is 1. The van der Waals surface area contributed by atoms with Crippen molar-refractivity contribution in [3.05, 3.63) is 29.6 Å². The lowest BCUT2D eigenvalue weighted by atomic mass is 10.2. The Kier molecular flexibility index (Phi) is 6.30. The molecule has 1 rings (SSSR count). The Morgan fingerprint density at radius 1 is 1.43 bits per heavy atom. The van der Waals surface area contributed by atoms with Crippen LogP contribution in [0.2, 0.25) is 0 Å². The van der Waals surface area contributed by atoms with E-state index in [1.165, 1.54) is 7.05 Å². The SMILES string of the molecule is CNC(=O)CCNS(=O)(=O)c1ccc(F)cc1C#CCO. The van der Waals surface area contributed by atoms with Crippen LogP contribution in [0.1, 0.15) is 12.0 Å². The highest BCUT2D eigenvalue weighted by Gasteiger charge is 2.18. The van der Waals surface area contributed by atoms with Gasteiger partial charge < -0.3 is 10.4 Å². The quantitative estimate of drug-likeness (QED) is 0.644. The average Bonchev–Trinajstić information content (AvgIpc) is 2.44. The Labute approximate surface area is 122 Å². The normalized spacial score (nSPS) is 10.6. The van der Waals surface area contributed by atoms with E-state index >= 15 is 0 Å². The summed E-state index contributed by atoms with van der Waals surface area (Å²) in [4.78, 5) is 10.8. The summed E-state index contributed by atoms with van der Waals surface area (Å²) in [6, 6.07) is 3.05. The topological polar surface area (TPSA) is 95.5 Å². The molecule has 1 aromatic rings. The minimum Gasteiger partial charge on any atom is -0.384 e. The number of carbonyl (C=O) groups is 1. The lowest BCUT2D eigenvalue weighted by Crippen LogP contribution is -2.29. The van der Waals surface area contributed by atoms with Crippen LogP contribution in [-0.2, 0) is 14.8 Å². The fourth-order valence-electron chi connectivity index (χ4n) is 1.47. The molecule has 0 aliphatic carbocycles. The summed E-state index contributed by atoms with van der Waals surface area (Å²) in [7, 11) is -2.48. The first-order valence-electron chi connectivity index (χ1n) is 6.00. The van der Waals surface area contributed by atoms with E-state index in [4.69, 9.17) is 5.11 Å². The number of hydrogen-bond acceptors (Lipinski definition) is 4. The van der Waals surface area contributed by atoms with Crippen molar-refractivity contribution in [1.82, 2.24) is 10.0 Å². The number of amides is 1. The van der Waals surface area contributed by atoms with Crippen molar-refractivity contribution in [1.29, 1.82) is 0 Å². The molecule has 114 valence electrons. The molecule has 0 radical (unpaired) electrons. The summed E-state index contributed by atoms with van der Waals surface area (Å²) in [6.45, 7) is -0.563. The van der Waals surface area contributed by atoms with E-state index in [2.05, 4.69) is 21.9 Å². The summed E-state index contributed by atoms with van der Waals surface area (Å²) in [6.07, 6.45) is -0.0193. The van der Waals surface area contributed by atoms with Crippen LogP contribution in [0.3, 0.4) is 0 Å². The van der Waals surface area contributed by atoms with Crippen LogP contribution in [0, 0.1) is 17.7 Å². The second-order valence-corrected chi connectivity index (χ2v) is 5.66. The third-order valence-electron chi connectivity index (χ3n) is 2.46. The van der Waals surface area contributed by atoms with Gasteiger partial charge in [-0.3, -0.25) is 4.79 Å². The van der Waals surface area contributed by atoms with E-state index in [0.717, 1.165) is 18.2 Å². The highest BCUT2D eigenvalue weighted by molar-refractivity contribution is 7.89. The van der Waals surface area contributed by atoms with Gasteiger partial charge in [0.15, 0.2) is 0 Å². The Hall–Kier alpha value is -1.95. The molecule has 0 saturated carbocycles. The van der Waals surface area contributed by atoms with Gasteiger partial charge in [0.05, 0.1) is 4.90 Å². The minimum atomic E-state index is -3.92. The van der Waals surface area contributed by atoms with E-state index in [1.807, 2.05) is 0 Å². The fraction of sp³-hybridized carbons (Fsp3) is 0.308. The summed E-state index contributed by atoms with van der Waals surface area (Å²) < 4.78 is 39.6. The van der Waals surface area contributed by atoms with Crippen molar-refractivity contribution in [2.75, 3.05) is 20.2 Å². The highest BCUT2D eigenvalue weighted by atomic mass is 32.2. The fourth-order valence-corrected chi connectivity index (χ4v) is 2.64. The van der Waals surface area contributed by atoms with E-state index < -0.39 is 22.4 Å². The molecule has 6 nitrogen and oxygen atoms in total. The zero-order valence-corrected chi connectivity index (χ0v) is 12.1. The lowest BCUT2D eigenvalue weighted by Gasteiger charge is -2.08. The van der Waals surface area contributed by atoms with Crippen molar-refractivity contribution in [3.8, 4) is 11.8 Å². The Bertz CT molecular complexity index is 677. The van der Waals surface area contributed by atoms with Gasteiger partial charge >= 0.3 is 0 Å². The summed E-state index contributed by atoms with van der Waals surface area (Å²) in [5.74, 6) is 3.71. The number of halogens is 1. The average molecular weight is 314 g/mol. The van der Waals surface area contributed by atoms with Gasteiger partial charge in [-0.2, -0.15) is 0 Å². The molecule has 0 heterocycles. The first kappa shape index (κ1) is 17.1. The van der Waals surface area contributed by atoms with Gasteiger partial charge in [0.2, 0.25) is 15.9 Å². The first-order chi connectivity index (χ1) is 9.90. The van der Waals surface area contributed by atoms with Crippen LogP contribution in [0.4, 0.5) is 4.39 Å². The highest BCUT2D eigenvalue weighted by Crippen LogP contribution is 2.16. The number of rotatable bonds is 5. The maximum atomic E-state index is 13.2. The van der Waals surface area contributed by atoms with Gasteiger partial charge in [0.1, 0.15) is 12.4 Å². The molecule has 0 fully saturated rings. The molecule has 0 atom stereocenters. The molecule has 8 heteroatoms. The van der Waals surface area contributed by atoms with Crippen LogP contribution < -0.4 is 10.0 Å². The molecule has 3 N–H and O–H groups in total. The standard InChI is InChI=1S/C13H15FN2O4S/c1-15-13(18)6-7-16-21(19,20)12-5-4-11(14)9-10(12)3-2-8-17/h4-5,9,16-17H,6-8H2,1H3,(H,15,18). The molecular formula is C13H15FN2O4S. The molecule has 0 aliphatic rings. The monoisotopic (exact) mass is 314 g/mol. The van der Waals surface area contributed by atoms with Gasteiger partial charge in [-0.1, -0.05) is 11.8 Å². The van der Waals surface area contributed by atoms with E-state index in [-0.39, 0.29) is 29.3 Å². The zero-order chi connectivity index (χ0) is 15.9. The molecule has 0 saturated heterocycles. The lowest BCUT2D eigenvalue weighted by molar-refractivity contribution is -0.120. The predicted molar refractivity (Wildman–Crippen MR) is 74.2 cm³/mol. The van der Waals surface area contributed by atoms with Crippen molar-refractivity contribution in [2.45, 2.75) is 11.3 Å². The molecule has 0 unspecified atom stereocenters. The second kappa shape index (κ2) is 7.73. The number of aliphatic hydroxyl groups is 1. The summed E-state index contributed by atoms with van der Waals surface area (Å²) >= 11 is 0. The second-order valence-electron chi connectivity index (χ2n) is 3.92.